The zero-order chi connectivity index (χ0) is 17.7. The van der Waals surface area contributed by atoms with Crippen LogP contribution in [0.2, 0.25) is 5.02 Å². The van der Waals surface area contributed by atoms with Gasteiger partial charge in [-0.15, -0.1) is 0 Å². The normalized spacial score (nSPS) is 10.2. The highest BCUT2D eigenvalue weighted by molar-refractivity contribution is 14.1. The third-order valence-corrected chi connectivity index (χ3v) is 4.62. The molecule has 2 rings (SSSR count). The molecule has 8 heteroatoms. The molecular formula is C16H15ClIN3O2S. The molecule has 0 aliphatic carbocycles. The van der Waals surface area contributed by atoms with Gasteiger partial charge in [0.2, 0.25) is 0 Å². The van der Waals surface area contributed by atoms with Crippen molar-refractivity contribution in [2.45, 2.75) is 13.8 Å². The maximum atomic E-state index is 12.2. The zero-order valence-corrected chi connectivity index (χ0v) is 16.8. The molecule has 5 nitrogen and oxygen atoms in total. The van der Waals surface area contributed by atoms with Crippen molar-refractivity contribution >= 4 is 63.2 Å². The van der Waals surface area contributed by atoms with Crippen molar-refractivity contribution in [3.63, 3.8) is 0 Å². The van der Waals surface area contributed by atoms with Gasteiger partial charge in [-0.1, -0.05) is 11.6 Å². The summed E-state index contributed by atoms with van der Waals surface area (Å²) in [4.78, 5) is 16.6. The number of rotatable bonds is 4. The number of halogens is 2. The second kappa shape index (κ2) is 8.59. The van der Waals surface area contributed by atoms with Crippen LogP contribution < -0.4 is 15.4 Å². The monoisotopic (exact) mass is 475 g/mol. The van der Waals surface area contributed by atoms with E-state index in [1.54, 1.807) is 18.2 Å². The summed E-state index contributed by atoms with van der Waals surface area (Å²) < 4.78 is 6.39. The highest BCUT2D eigenvalue weighted by Crippen LogP contribution is 2.25. The smallest absolute Gasteiger partial charge is 0.257 e. The van der Waals surface area contributed by atoms with E-state index in [2.05, 4.69) is 38.2 Å². The second-order valence-corrected chi connectivity index (χ2v) is 6.73. The largest absolute Gasteiger partial charge is 0.492 e. The number of nitrogens with one attached hydrogen (secondary N) is 2. The summed E-state index contributed by atoms with van der Waals surface area (Å²) in [7, 11) is 0. The third-order valence-electron chi connectivity index (χ3n) is 2.98. The number of pyridine rings is 1. The molecule has 24 heavy (non-hydrogen) atoms. The van der Waals surface area contributed by atoms with Crippen LogP contribution in [0.1, 0.15) is 23.0 Å². The minimum atomic E-state index is -0.361. The molecular weight excluding hydrogens is 461 g/mol. The first kappa shape index (κ1) is 18.9. The van der Waals surface area contributed by atoms with Gasteiger partial charge in [0.25, 0.3) is 5.91 Å². The molecule has 1 heterocycles. The fourth-order valence-corrected chi connectivity index (χ4v) is 2.58. The maximum Gasteiger partial charge on any atom is 0.257 e. The lowest BCUT2D eigenvalue weighted by molar-refractivity contribution is 0.0977. The average molecular weight is 476 g/mol. The Balaban J connectivity index is 2.02. The van der Waals surface area contributed by atoms with Crippen molar-refractivity contribution in [3.8, 4) is 5.75 Å². The first-order valence-electron chi connectivity index (χ1n) is 7.08. The zero-order valence-electron chi connectivity index (χ0n) is 13.0. The number of anilines is 1. The summed E-state index contributed by atoms with van der Waals surface area (Å²) in [6, 6.07) is 8.53. The van der Waals surface area contributed by atoms with E-state index in [1.807, 2.05) is 19.9 Å². The van der Waals surface area contributed by atoms with E-state index in [0.717, 1.165) is 9.26 Å². The fourth-order valence-electron chi connectivity index (χ4n) is 1.85. The topological polar surface area (TPSA) is 63.2 Å². The molecule has 0 aliphatic heterocycles. The summed E-state index contributed by atoms with van der Waals surface area (Å²) in [5.41, 5.74) is 1.27. The Morgan fingerprint density at radius 1 is 1.38 bits per heavy atom. The molecule has 2 N–H and O–H groups in total. The standard InChI is InChI=1S/C16H15ClIN3O2S/c1-3-23-13-6-4-10(8-11(13)17)15(22)21-16(24)20-14-7-5-12(18)9(2)19-14/h4-8H,3H2,1-2H3,(H2,19,20,21,22,24). The number of carbonyl (C=O) groups excluding carboxylic acids is 1. The van der Waals surface area contributed by atoms with E-state index in [4.69, 9.17) is 28.6 Å². The Morgan fingerprint density at radius 3 is 2.75 bits per heavy atom. The summed E-state index contributed by atoms with van der Waals surface area (Å²) in [5, 5.41) is 6.02. The second-order valence-electron chi connectivity index (χ2n) is 4.75. The van der Waals surface area contributed by atoms with Gasteiger partial charge in [-0.05, 0) is 79.0 Å². The number of thiocarbonyl (C=S) groups is 1. The summed E-state index contributed by atoms with van der Waals surface area (Å²) in [6.45, 7) is 4.26. The van der Waals surface area contributed by atoms with Crippen LogP contribution in [0.4, 0.5) is 5.82 Å². The van der Waals surface area contributed by atoms with Crippen molar-refractivity contribution in [3.05, 3.63) is 50.2 Å². The van der Waals surface area contributed by atoms with Crippen LogP contribution in [0, 0.1) is 10.5 Å². The minimum absolute atomic E-state index is 0.165. The Bertz CT molecular complexity index is 786. The van der Waals surface area contributed by atoms with Gasteiger partial charge in [-0.25, -0.2) is 4.98 Å². The van der Waals surface area contributed by atoms with Crippen LogP contribution in [0.25, 0.3) is 0 Å². The highest BCUT2D eigenvalue weighted by Gasteiger charge is 2.11. The number of amides is 1. The summed E-state index contributed by atoms with van der Waals surface area (Å²) in [5.74, 6) is 0.748. The Hall–Kier alpha value is -1.45. The predicted octanol–water partition coefficient (Wildman–Crippen LogP) is 4.17. The van der Waals surface area contributed by atoms with E-state index >= 15 is 0 Å². The van der Waals surface area contributed by atoms with Gasteiger partial charge in [0.05, 0.1) is 17.3 Å². The van der Waals surface area contributed by atoms with Crippen molar-refractivity contribution < 1.29 is 9.53 Å². The van der Waals surface area contributed by atoms with Gasteiger partial charge in [-0.2, -0.15) is 0 Å². The number of hydrogen-bond acceptors (Lipinski definition) is 4. The minimum Gasteiger partial charge on any atom is -0.492 e. The molecule has 1 aromatic carbocycles. The van der Waals surface area contributed by atoms with Gasteiger partial charge in [0, 0.05) is 9.13 Å². The lowest BCUT2D eigenvalue weighted by atomic mass is 10.2. The van der Waals surface area contributed by atoms with Gasteiger partial charge in [-0.3, -0.25) is 10.1 Å². The van der Waals surface area contributed by atoms with Crippen LogP contribution >= 0.6 is 46.4 Å². The first-order valence-corrected chi connectivity index (χ1v) is 8.95. The molecule has 1 aromatic heterocycles. The molecule has 0 saturated carbocycles. The average Bonchev–Trinajstić information content (AvgIpc) is 2.53. The fraction of sp³-hybridized carbons (Fsp3) is 0.188. The van der Waals surface area contributed by atoms with Crippen LogP contribution in [0.15, 0.2) is 30.3 Å². The van der Waals surface area contributed by atoms with Crippen LogP contribution in [-0.4, -0.2) is 22.6 Å². The van der Waals surface area contributed by atoms with Crippen molar-refractivity contribution in [1.29, 1.82) is 0 Å². The van der Waals surface area contributed by atoms with E-state index in [-0.39, 0.29) is 11.0 Å². The molecule has 0 spiro atoms. The Morgan fingerprint density at radius 2 is 2.12 bits per heavy atom. The van der Waals surface area contributed by atoms with E-state index in [1.165, 1.54) is 6.07 Å². The number of aromatic nitrogens is 1. The SMILES string of the molecule is CCOc1ccc(C(=O)NC(=S)Nc2ccc(I)c(C)n2)cc1Cl. The van der Waals surface area contributed by atoms with E-state index in [9.17, 15) is 4.79 Å². The van der Waals surface area contributed by atoms with Gasteiger partial charge in [0.15, 0.2) is 5.11 Å². The number of nitrogens with zero attached hydrogens (tertiary/aromatic N) is 1. The molecule has 126 valence electrons. The summed E-state index contributed by atoms with van der Waals surface area (Å²) in [6.07, 6.45) is 0. The highest BCUT2D eigenvalue weighted by atomic mass is 127. The molecule has 0 unspecified atom stereocenters. The van der Waals surface area contributed by atoms with Crippen molar-refractivity contribution in [2.24, 2.45) is 0 Å². The summed E-state index contributed by atoms with van der Waals surface area (Å²) >= 11 is 13.4. The molecule has 0 saturated heterocycles. The lowest BCUT2D eigenvalue weighted by Crippen LogP contribution is -2.34. The number of ether oxygens (including phenoxy) is 1. The Kier molecular flexibility index (Phi) is 6.76. The lowest BCUT2D eigenvalue weighted by Gasteiger charge is -2.11. The molecule has 0 aliphatic rings. The molecule has 0 fully saturated rings. The van der Waals surface area contributed by atoms with Gasteiger partial charge >= 0.3 is 0 Å². The van der Waals surface area contributed by atoms with Crippen LogP contribution in [-0.2, 0) is 0 Å². The maximum absolute atomic E-state index is 12.2. The van der Waals surface area contributed by atoms with Crippen LogP contribution in [0.3, 0.4) is 0 Å². The third kappa shape index (κ3) is 5.02. The molecule has 2 aromatic rings. The Labute approximate surface area is 164 Å². The van der Waals surface area contributed by atoms with Gasteiger partial charge in [0.1, 0.15) is 11.6 Å². The van der Waals surface area contributed by atoms with Crippen LogP contribution in [0.5, 0.6) is 5.75 Å². The number of hydrogen-bond donors (Lipinski definition) is 2. The molecule has 0 bridgehead atoms. The van der Waals surface area contributed by atoms with Gasteiger partial charge < -0.3 is 10.1 Å². The number of aryl methyl sites for hydroxylation is 1. The molecule has 1 amide bonds. The number of carbonyl (C=O) groups is 1. The predicted molar refractivity (Wildman–Crippen MR) is 108 cm³/mol. The van der Waals surface area contributed by atoms with E-state index < -0.39 is 0 Å². The van der Waals surface area contributed by atoms with Crippen molar-refractivity contribution in [2.75, 3.05) is 11.9 Å². The quantitative estimate of drug-likeness (QED) is 0.513. The number of benzene rings is 1. The van der Waals surface area contributed by atoms with E-state index in [0.29, 0.717) is 28.8 Å². The first-order chi connectivity index (χ1) is 11.4. The molecule has 0 atom stereocenters. The molecule has 0 radical (unpaired) electrons. The van der Waals surface area contributed by atoms with Crippen molar-refractivity contribution in [1.82, 2.24) is 10.3 Å².